The number of nitriles is 1. The van der Waals surface area contributed by atoms with Crippen molar-refractivity contribution in [2.45, 2.75) is 38.1 Å². The summed E-state index contributed by atoms with van der Waals surface area (Å²) in [6.07, 6.45) is 8.24. The zero-order chi connectivity index (χ0) is 15.6. The van der Waals surface area contributed by atoms with Crippen LogP contribution in [0.2, 0.25) is 0 Å². The molecule has 1 fully saturated rings. The molecule has 5 nitrogen and oxygen atoms in total. The predicted octanol–water partition coefficient (Wildman–Crippen LogP) is 4.07. The number of imidazole rings is 1. The Morgan fingerprint density at radius 2 is 1.96 bits per heavy atom. The van der Waals surface area contributed by atoms with Crippen molar-refractivity contribution >= 4 is 21.4 Å². The summed E-state index contributed by atoms with van der Waals surface area (Å²) < 4.78 is 1.89. The molecule has 1 aliphatic rings. The molecule has 0 spiro atoms. The van der Waals surface area contributed by atoms with E-state index < -0.39 is 0 Å². The fraction of sp³-hybridized carbons (Fsp3) is 0.353. The van der Waals surface area contributed by atoms with Crippen molar-refractivity contribution in [2.24, 2.45) is 0 Å². The molecule has 1 saturated carbocycles. The normalized spacial score (nSPS) is 15.6. The van der Waals surface area contributed by atoms with Gasteiger partial charge in [-0.2, -0.15) is 5.26 Å². The Morgan fingerprint density at radius 1 is 1.17 bits per heavy atom. The molecule has 0 bridgehead atoms. The van der Waals surface area contributed by atoms with Crippen LogP contribution in [0, 0.1) is 11.3 Å². The molecule has 6 heteroatoms. The topological polar surface area (TPSA) is 66.0 Å². The van der Waals surface area contributed by atoms with Crippen molar-refractivity contribution < 1.29 is 0 Å². The van der Waals surface area contributed by atoms with Gasteiger partial charge in [0, 0.05) is 11.6 Å². The van der Waals surface area contributed by atoms with E-state index in [0.29, 0.717) is 11.6 Å². The van der Waals surface area contributed by atoms with Crippen LogP contribution >= 0.6 is 11.3 Å². The molecule has 0 saturated heterocycles. The molecular formula is C17H17N5S. The Labute approximate surface area is 138 Å². The van der Waals surface area contributed by atoms with Crippen LogP contribution in [-0.2, 0) is 0 Å². The molecule has 0 atom stereocenters. The van der Waals surface area contributed by atoms with Gasteiger partial charge >= 0.3 is 0 Å². The number of nitrogens with zero attached hydrogens (tertiary/aromatic N) is 4. The first-order valence-electron chi connectivity index (χ1n) is 7.95. The van der Waals surface area contributed by atoms with Crippen LogP contribution in [0.15, 0.2) is 30.5 Å². The van der Waals surface area contributed by atoms with E-state index in [1.54, 1.807) is 11.3 Å². The summed E-state index contributed by atoms with van der Waals surface area (Å²) >= 11 is 1.59. The van der Waals surface area contributed by atoms with Crippen LogP contribution in [0.1, 0.15) is 37.7 Å². The molecule has 0 radical (unpaired) electrons. The smallest absolute Gasteiger partial charge is 0.214 e. The quantitative estimate of drug-likeness (QED) is 0.789. The van der Waals surface area contributed by atoms with E-state index in [0.717, 1.165) is 21.3 Å². The standard InChI is InChI=1S/C17H17N5S/c18-10-12-6-8-13(9-7-12)15-11-19-17-22(15)21-16(23-17)20-14-4-2-1-3-5-14/h6-9,11,14H,1-5H2,(H,20,21). The molecule has 0 amide bonds. The van der Waals surface area contributed by atoms with Crippen LogP contribution in [-0.4, -0.2) is 20.6 Å². The molecule has 3 aromatic rings. The minimum atomic E-state index is 0.540. The number of fused-ring (bicyclic) bond motifs is 1. The number of benzene rings is 1. The second kappa shape index (κ2) is 6.01. The summed E-state index contributed by atoms with van der Waals surface area (Å²) in [7, 11) is 0. The first-order valence-corrected chi connectivity index (χ1v) is 8.77. The molecule has 1 aliphatic carbocycles. The van der Waals surface area contributed by atoms with E-state index in [1.807, 2.05) is 35.0 Å². The molecule has 2 heterocycles. The van der Waals surface area contributed by atoms with Crippen molar-refractivity contribution in [1.82, 2.24) is 14.6 Å². The number of nitrogens with one attached hydrogen (secondary N) is 1. The molecule has 1 aromatic carbocycles. The lowest BCUT2D eigenvalue weighted by Gasteiger charge is -2.21. The highest BCUT2D eigenvalue weighted by Crippen LogP contribution is 2.28. The molecule has 4 rings (SSSR count). The van der Waals surface area contributed by atoms with Gasteiger partial charge in [-0.05, 0) is 25.0 Å². The van der Waals surface area contributed by atoms with Crippen molar-refractivity contribution in [2.75, 3.05) is 5.32 Å². The third kappa shape index (κ3) is 2.80. The molecule has 23 heavy (non-hydrogen) atoms. The molecular weight excluding hydrogens is 306 g/mol. The maximum absolute atomic E-state index is 8.90. The van der Waals surface area contributed by atoms with Gasteiger partial charge in [0.25, 0.3) is 0 Å². The number of anilines is 1. The number of aromatic nitrogens is 3. The summed E-state index contributed by atoms with van der Waals surface area (Å²) in [5.41, 5.74) is 2.64. The summed E-state index contributed by atoms with van der Waals surface area (Å²) in [5.74, 6) is 0. The first-order chi connectivity index (χ1) is 11.3. The third-order valence-corrected chi connectivity index (χ3v) is 5.18. The number of hydrogen-bond donors (Lipinski definition) is 1. The molecule has 0 unspecified atom stereocenters. The minimum absolute atomic E-state index is 0.540. The second-order valence-electron chi connectivity index (χ2n) is 5.91. The number of hydrogen-bond acceptors (Lipinski definition) is 5. The van der Waals surface area contributed by atoms with E-state index in [9.17, 15) is 0 Å². The summed E-state index contributed by atoms with van der Waals surface area (Å²) in [5, 5.41) is 18.1. The van der Waals surface area contributed by atoms with Crippen LogP contribution in [0.5, 0.6) is 0 Å². The largest absolute Gasteiger partial charge is 0.357 e. The first kappa shape index (κ1) is 14.2. The van der Waals surface area contributed by atoms with Crippen LogP contribution in [0.4, 0.5) is 5.13 Å². The van der Waals surface area contributed by atoms with Crippen molar-refractivity contribution in [1.29, 1.82) is 5.26 Å². The average molecular weight is 323 g/mol. The Kier molecular flexibility index (Phi) is 3.72. The van der Waals surface area contributed by atoms with Crippen molar-refractivity contribution in [3.05, 3.63) is 36.0 Å². The molecule has 1 N–H and O–H groups in total. The summed E-state index contributed by atoms with van der Waals surface area (Å²) in [6, 6.07) is 10.2. The van der Waals surface area contributed by atoms with Crippen LogP contribution in [0.3, 0.4) is 0 Å². The van der Waals surface area contributed by atoms with Gasteiger partial charge in [0.1, 0.15) is 0 Å². The maximum Gasteiger partial charge on any atom is 0.214 e. The van der Waals surface area contributed by atoms with Gasteiger partial charge in [-0.3, -0.25) is 0 Å². The Hall–Kier alpha value is -2.39. The lowest BCUT2D eigenvalue weighted by atomic mass is 9.96. The fourth-order valence-electron chi connectivity index (χ4n) is 3.08. The number of rotatable bonds is 3. The highest BCUT2D eigenvalue weighted by Gasteiger charge is 2.16. The van der Waals surface area contributed by atoms with E-state index in [2.05, 4.69) is 21.5 Å². The zero-order valence-corrected chi connectivity index (χ0v) is 13.5. The highest BCUT2D eigenvalue weighted by atomic mass is 32.1. The molecule has 0 aliphatic heterocycles. The van der Waals surface area contributed by atoms with Crippen molar-refractivity contribution in [3.63, 3.8) is 0 Å². The van der Waals surface area contributed by atoms with Gasteiger partial charge in [0.05, 0.1) is 23.5 Å². The lowest BCUT2D eigenvalue weighted by molar-refractivity contribution is 0.462. The van der Waals surface area contributed by atoms with Gasteiger partial charge in [0.2, 0.25) is 10.1 Å². The van der Waals surface area contributed by atoms with Crippen LogP contribution < -0.4 is 5.32 Å². The van der Waals surface area contributed by atoms with E-state index >= 15 is 0 Å². The van der Waals surface area contributed by atoms with E-state index in [1.165, 1.54) is 32.1 Å². The van der Waals surface area contributed by atoms with Gasteiger partial charge in [-0.15, -0.1) is 5.10 Å². The highest BCUT2D eigenvalue weighted by molar-refractivity contribution is 7.20. The Morgan fingerprint density at radius 3 is 2.70 bits per heavy atom. The van der Waals surface area contributed by atoms with E-state index in [-0.39, 0.29) is 0 Å². The molecule has 2 aromatic heterocycles. The van der Waals surface area contributed by atoms with Crippen molar-refractivity contribution in [3.8, 4) is 17.3 Å². The lowest BCUT2D eigenvalue weighted by Crippen LogP contribution is -2.22. The Balaban J connectivity index is 1.62. The minimum Gasteiger partial charge on any atom is -0.357 e. The second-order valence-corrected chi connectivity index (χ2v) is 6.87. The fourth-order valence-corrected chi connectivity index (χ4v) is 3.94. The average Bonchev–Trinajstić information content (AvgIpc) is 3.16. The SMILES string of the molecule is N#Cc1ccc(-c2cnc3sc(NC4CCCCC4)nn23)cc1. The summed E-state index contributed by atoms with van der Waals surface area (Å²) in [4.78, 5) is 5.36. The van der Waals surface area contributed by atoms with Crippen LogP contribution in [0.25, 0.3) is 16.2 Å². The van der Waals surface area contributed by atoms with Gasteiger partial charge in [0.15, 0.2) is 0 Å². The Bertz CT molecular complexity index is 849. The third-order valence-electron chi connectivity index (χ3n) is 4.33. The summed E-state index contributed by atoms with van der Waals surface area (Å²) in [6.45, 7) is 0. The van der Waals surface area contributed by atoms with Gasteiger partial charge in [-0.1, -0.05) is 42.7 Å². The van der Waals surface area contributed by atoms with E-state index in [4.69, 9.17) is 5.26 Å². The zero-order valence-electron chi connectivity index (χ0n) is 12.7. The van der Waals surface area contributed by atoms with Gasteiger partial charge < -0.3 is 5.32 Å². The van der Waals surface area contributed by atoms with Gasteiger partial charge in [-0.25, -0.2) is 9.50 Å². The maximum atomic E-state index is 8.90. The monoisotopic (exact) mass is 323 g/mol. The predicted molar refractivity (Wildman–Crippen MR) is 91.5 cm³/mol. The molecule has 116 valence electrons.